The maximum atomic E-state index is 12.4. The molecule has 2 aromatic carbocycles. The van der Waals surface area contributed by atoms with E-state index in [0.717, 1.165) is 0 Å². The van der Waals surface area contributed by atoms with Crippen LogP contribution in [0.2, 0.25) is 0 Å². The van der Waals surface area contributed by atoms with E-state index in [-0.39, 0.29) is 29.3 Å². The highest BCUT2D eigenvalue weighted by Crippen LogP contribution is 2.34. The summed E-state index contributed by atoms with van der Waals surface area (Å²) in [6, 6.07) is 11.1. The minimum atomic E-state index is -3.32. The molecule has 0 aromatic heterocycles. The van der Waals surface area contributed by atoms with Crippen LogP contribution in [0.3, 0.4) is 0 Å². The first-order valence-corrected chi connectivity index (χ1v) is 9.38. The smallest absolute Gasteiger partial charge is 0.335 e. The molecule has 0 bridgehead atoms. The van der Waals surface area contributed by atoms with Crippen LogP contribution in [0.4, 0.5) is 0 Å². The van der Waals surface area contributed by atoms with E-state index < -0.39 is 21.7 Å². The molecule has 0 fully saturated rings. The second kappa shape index (κ2) is 6.33. The molecule has 1 heterocycles. The van der Waals surface area contributed by atoms with Crippen LogP contribution in [-0.2, 0) is 9.84 Å². The molecule has 2 aromatic rings. The molecule has 25 heavy (non-hydrogen) atoms. The zero-order valence-electron chi connectivity index (χ0n) is 13.5. The highest BCUT2D eigenvalue weighted by atomic mass is 32.2. The number of amides is 1. The van der Waals surface area contributed by atoms with Crippen LogP contribution in [0.5, 0.6) is 0 Å². The van der Waals surface area contributed by atoms with E-state index >= 15 is 0 Å². The number of hydrogen-bond donors (Lipinski definition) is 2. The van der Waals surface area contributed by atoms with Gasteiger partial charge in [-0.25, -0.2) is 13.2 Å². The lowest BCUT2D eigenvalue weighted by Gasteiger charge is -2.13. The van der Waals surface area contributed by atoms with Crippen LogP contribution >= 0.6 is 0 Å². The van der Waals surface area contributed by atoms with Crippen LogP contribution in [0.25, 0.3) is 0 Å². The van der Waals surface area contributed by atoms with Crippen LogP contribution in [-0.4, -0.2) is 37.7 Å². The molecule has 1 amide bonds. The van der Waals surface area contributed by atoms with E-state index in [1.54, 1.807) is 37.3 Å². The van der Waals surface area contributed by atoms with Crippen molar-refractivity contribution in [1.29, 1.82) is 0 Å². The SMILES string of the molecule is Cc1ccc(C(=O)O)cc1C(=O)NCC1CS(=O)(=O)c2ccccc21. The Kier molecular flexibility index (Phi) is 4.34. The summed E-state index contributed by atoms with van der Waals surface area (Å²) < 4.78 is 24.3. The molecule has 1 atom stereocenters. The number of nitrogens with one attached hydrogen (secondary N) is 1. The highest BCUT2D eigenvalue weighted by molar-refractivity contribution is 7.91. The Balaban J connectivity index is 1.78. The lowest BCUT2D eigenvalue weighted by atomic mass is 10.0. The lowest BCUT2D eigenvalue weighted by Crippen LogP contribution is -2.29. The predicted molar refractivity (Wildman–Crippen MR) is 91.7 cm³/mol. The lowest BCUT2D eigenvalue weighted by molar-refractivity contribution is 0.0697. The number of rotatable bonds is 4. The fourth-order valence-electron chi connectivity index (χ4n) is 3.03. The molecule has 0 radical (unpaired) electrons. The summed E-state index contributed by atoms with van der Waals surface area (Å²) in [6.45, 7) is 1.89. The van der Waals surface area contributed by atoms with Gasteiger partial charge in [-0.2, -0.15) is 0 Å². The third-order valence-electron chi connectivity index (χ3n) is 4.35. The molecule has 130 valence electrons. The number of aryl methyl sites for hydroxylation is 1. The molecule has 1 aliphatic heterocycles. The van der Waals surface area contributed by atoms with Crippen molar-refractivity contribution < 1.29 is 23.1 Å². The average Bonchev–Trinajstić information content (AvgIpc) is 2.84. The zero-order chi connectivity index (χ0) is 18.2. The molecule has 1 aliphatic rings. The number of carboxylic acids is 1. The number of carbonyl (C=O) groups excluding carboxylic acids is 1. The van der Waals surface area contributed by atoms with Gasteiger partial charge in [-0.3, -0.25) is 4.79 Å². The van der Waals surface area contributed by atoms with Gasteiger partial charge in [0.15, 0.2) is 9.84 Å². The van der Waals surface area contributed by atoms with Crippen molar-refractivity contribution in [3.63, 3.8) is 0 Å². The zero-order valence-corrected chi connectivity index (χ0v) is 14.3. The maximum Gasteiger partial charge on any atom is 0.335 e. The molecule has 0 saturated heterocycles. The number of aromatic carboxylic acids is 1. The van der Waals surface area contributed by atoms with Crippen molar-refractivity contribution in [2.45, 2.75) is 17.7 Å². The Morgan fingerprint density at radius 3 is 2.64 bits per heavy atom. The average molecular weight is 359 g/mol. The van der Waals surface area contributed by atoms with Gasteiger partial charge in [-0.05, 0) is 36.2 Å². The number of sulfone groups is 1. The Morgan fingerprint density at radius 2 is 1.92 bits per heavy atom. The number of benzene rings is 2. The summed E-state index contributed by atoms with van der Waals surface area (Å²) in [4.78, 5) is 23.8. The minimum Gasteiger partial charge on any atom is -0.478 e. The van der Waals surface area contributed by atoms with Gasteiger partial charge >= 0.3 is 5.97 Å². The predicted octanol–water partition coefficient (Wildman–Crippen LogP) is 1.99. The van der Waals surface area contributed by atoms with Gasteiger partial charge in [-0.1, -0.05) is 24.3 Å². The number of carbonyl (C=O) groups is 2. The molecule has 2 N–H and O–H groups in total. The Labute approximate surface area is 145 Å². The van der Waals surface area contributed by atoms with Crippen molar-refractivity contribution in [3.8, 4) is 0 Å². The largest absolute Gasteiger partial charge is 0.478 e. The van der Waals surface area contributed by atoms with Crippen molar-refractivity contribution in [2.24, 2.45) is 0 Å². The van der Waals surface area contributed by atoms with Crippen molar-refractivity contribution in [3.05, 3.63) is 64.7 Å². The number of fused-ring (bicyclic) bond motifs is 1. The summed E-state index contributed by atoms with van der Waals surface area (Å²) >= 11 is 0. The van der Waals surface area contributed by atoms with Crippen molar-refractivity contribution in [1.82, 2.24) is 5.32 Å². The number of carboxylic acid groups (broad SMARTS) is 1. The quantitative estimate of drug-likeness (QED) is 0.869. The molecule has 0 aliphatic carbocycles. The Morgan fingerprint density at radius 1 is 1.20 bits per heavy atom. The summed E-state index contributed by atoms with van der Waals surface area (Å²) in [5, 5.41) is 11.8. The standard InChI is InChI=1S/C18H17NO5S/c1-11-6-7-12(18(21)22)8-15(11)17(20)19-9-13-10-25(23,24)16-5-3-2-4-14(13)16/h2-8,13H,9-10H2,1H3,(H,19,20)(H,21,22). The first kappa shape index (κ1) is 17.2. The normalized spacial score (nSPS) is 17.7. The molecule has 3 rings (SSSR count). The van der Waals surface area contributed by atoms with Gasteiger partial charge in [0.1, 0.15) is 0 Å². The van der Waals surface area contributed by atoms with Crippen molar-refractivity contribution >= 4 is 21.7 Å². The Hall–Kier alpha value is -2.67. The first-order chi connectivity index (χ1) is 11.8. The molecular weight excluding hydrogens is 342 g/mol. The van der Waals surface area contributed by atoms with E-state index in [4.69, 9.17) is 5.11 Å². The minimum absolute atomic E-state index is 0.0320. The van der Waals surface area contributed by atoms with E-state index in [1.165, 1.54) is 12.1 Å². The Bertz CT molecular complexity index is 965. The van der Waals surface area contributed by atoms with Crippen LogP contribution in [0.15, 0.2) is 47.4 Å². The first-order valence-electron chi connectivity index (χ1n) is 7.73. The fourth-order valence-corrected chi connectivity index (χ4v) is 4.91. The van der Waals surface area contributed by atoms with E-state index in [2.05, 4.69) is 5.32 Å². The summed E-state index contributed by atoms with van der Waals surface area (Å²) in [5.41, 5.74) is 1.67. The second-order valence-corrected chi connectivity index (χ2v) is 8.06. The topological polar surface area (TPSA) is 101 Å². The number of hydrogen-bond acceptors (Lipinski definition) is 4. The van der Waals surface area contributed by atoms with Gasteiger partial charge in [-0.15, -0.1) is 0 Å². The van der Waals surface area contributed by atoms with Crippen LogP contribution in [0, 0.1) is 6.92 Å². The van der Waals surface area contributed by atoms with Gasteiger partial charge in [0, 0.05) is 18.0 Å². The van der Waals surface area contributed by atoms with Gasteiger partial charge in [0.2, 0.25) is 0 Å². The van der Waals surface area contributed by atoms with E-state index in [0.29, 0.717) is 16.0 Å². The van der Waals surface area contributed by atoms with Gasteiger partial charge < -0.3 is 10.4 Å². The summed E-state index contributed by atoms with van der Waals surface area (Å²) in [5.74, 6) is -1.87. The molecule has 0 spiro atoms. The molecule has 6 nitrogen and oxygen atoms in total. The van der Waals surface area contributed by atoms with E-state index in [9.17, 15) is 18.0 Å². The molecular formula is C18H17NO5S. The van der Waals surface area contributed by atoms with Crippen LogP contribution < -0.4 is 5.32 Å². The van der Waals surface area contributed by atoms with E-state index in [1.807, 2.05) is 0 Å². The molecule has 0 saturated carbocycles. The summed E-state index contributed by atoms with van der Waals surface area (Å²) in [7, 11) is -3.32. The highest BCUT2D eigenvalue weighted by Gasteiger charge is 2.34. The fraction of sp³-hybridized carbons (Fsp3) is 0.222. The second-order valence-electron chi connectivity index (χ2n) is 6.06. The third-order valence-corrected chi connectivity index (χ3v) is 6.24. The monoisotopic (exact) mass is 359 g/mol. The molecule has 7 heteroatoms. The summed E-state index contributed by atoms with van der Waals surface area (Å²) in [6.07, 6.45) is 0. The van der Waals surface area contributed by atoms with Crippen LogP contribution in [0.1, 0.15) is 37.8 Å². The third kappa shape index (κ3) is 3.28. The van der Waals surface area contributed by atoms with Gasteiger partial charge in [0.05, 0.1) is 16.2 Å². The van der Waals surface area contributed by atoms with Crippen molar-refractivity contribution in [2.75, 3.05) is 12.3 Å². The maximum absolute atomic E-state index is 12.4. The molecule has 1 unspecified atom stereocenters. The van der Waals surface area contributed by atoms with Gasteiger partial charge in [0.25, 0.3) is 5.91 Å².